The Balaban J connectivity index is 1.74. The summed E-state index contributed by atoms with van der Waals surface area (Å²) in [7, 11) is 2.47. The van der Waals surface area contributed by atoms with Gasteiger partial charge in [0, 0.05) is 30.4 Å². The number of nitrogens with zero attached hydrogens (tertiary/aromatic N) is 4. The number of aliphatic hydroxyl groups is 3. The minimum absolute atomic E-state index is 0.0857. The molecule has 36 heavy (non-hydrogen) atoms. The average molecular weight is 510 g/mol. The van der Waals surface area contributed by atoms with Crippen LogP contribution in [0.3, 0.4) is 0 Å². The van der Waals surface area contributed by atoms with Crippen LogP contribution in [0.2, 0.25) is 0 Å². The summed E-state index contributed by atoms with van der Waals surface area (Å²) < 4.78 is 40.6. The molecular weight excluding hydrogens is 480 g/mol. The van der Waals surface area contributed by atoms with Crippen LogP contribution in [0, 0.1) is 11.6 Å². The molecule has 1 fully saturated rings. The summed E-state index contributed by atoms with van der Waals surface area (Å²) >= 11 is 0. The zero-order valence-electron chi connectivity index (χ0n) is 19.9. The summed E-state index contributed by atoms with van der Waals surface area (Å²) in [4.78, 5) is 24.8. The summed E-state index contributed by atoms with van der Waals surface area (Å²) in [5.41, 5.74) is -0.128. The van der Waals surface area contributed by atoms with Crippen molar-refractivity contribution in [2.45, 2.75) is 50.5 Å². The monoisotopic (exact) mass is 509 g/mol. The van der Waals surface area contributed by atoms with E-state index < -0.39 is 42.2 Å². The van der Waals surface area contributed by atoms with Gasteiger partial charge < -0.3 is 30.1 Å². The van der Waals surface area contributed by atoms with E-state index in [1.807, 2.05) is 0 Å². The number of anilines is 3. The summed E-state index contributed by atoms with van der Waals surface area (Å²) in [6.45, 7) is -0.965. The molecule has 1 aromatic carbocycles. The van der Waals surface area contributed by atoms with Gasteiger partial charge in [0.1, 0.15) is 17.6 Å². The Labute approximate surface area is 206 Å². The second kappa shape index (κ2) is 10.8. The second-order valence-electron chi connectivity index (χ2n) is 8.68. The molecule has 2 amide bonds. The number of hydrogen-bond acceptors (Lipinski definition) is 9. The number of hydrogen-bond donors (Lipinski definition) is 4. The summed E-state index contributed by atoms with van der Waals surface area (Å²) in [6, 6.07) is 0.194. The van der Waals surface area contributed by atoms with Gasteiger partial charge in [-0.1, -0.05) is 12.8 Å². The lowest BCUT2D eigenvalue weighted by Gasteiger charge is -2.39. The highest BCUT2D eigenvalue weighted by atomic mass is 19.1. The van der Waals surface area contributed by atoms with Crippen LogP contribution in [0.4, 0.5) is 31.0 Å². The van der Waals surface area contributed by atoms with Crippen molar-refractivity contribution in [1.29, 1.82) is 0 Å². The Hall–Kier alpha value is -3.29. The van der Waals surface area contributed by atoms with Gasteiger partial charge in [0.05, 0.1) is 33.5 Å². The molecule has 13 heteroatoms. The number of carbonyl (C=O) groups is 1. The molecule has 196 valence electrons. The van der Waals surface area contributed by atoms with Gasteiger partial charge >= 0.3 is 6.03 Å². The number of ether oxygens (including phenoxy) is 2. The molecule has 0 spiro atoms. The van der Waals surface area contributed by atoms with E-state index in [4.69, 9.17) is 14.6 Å². The van der Waals surface area contributed by atoms with E-state index in [0.29, 0.717) is 24.2 Å². The van der Waals surface area contributed by atoms with E-state index >= 15 is 8.78 Å². The normalized spacial score (nSPS) is 17.7. The SMILES string of the molecule is COc1cc(OC)c(F)c(N2Cc3cnc(NCC(O)C(O)CO)nc3N(C3CCCC3)C2=O)c1F. The maximum Gasteiger partial charge on any atom is 0.330 e. The molecule has 11 nitrogen and oxygen atoms in total. The van der Waals surface area contributed by atoms with E-state index in [2.05, 4.69) is 15.3 Å². The van der Waals surface area contributed by atoms with Crippen LogP contribution in [0.25, 0.3) is 0 Å². The lowest BCUT2D eigenvalue weighted by Crippen LogP contribution is -2.52. The molecule has 0 radical (unpaired) electrons. The Bertz CT molecular complexity index is 1090. The molecule has 0 bridgehead atoms. The van der Waals surface area contributed by atoms with Crippen molar-refractivity contribution in [1.82, 2.24) is 9.97 Å². The molecule has 2 heterocycles. The van der Waals surface area contributed by atoms with Crippen molar-refractivity contribution in [3.05, 3.63) is 29.5 Å². The number of aliphatic hydroxyl groups excluding tert-OH is 3. The third-order valence-electron chi connectivity index (χ3n) is 6.45. The first kappa shape index (κ1) is 25.8. The molecule has 4 N–H and O–H groups in total. The fraction of sp³-hybridized carbons (Fsp3) is 0.522. The molecule has 4 rings (SSSR count). The van der Waals surface area contributed by atoms with Crippen molar-refractivity contribution in [2.75, 3.05) is 42.5 Å². The molecule has 2 aromatic rings. The number of amides is 2. The van der Waals surface area contributed by atoms with Gasteiger partial charge in [-0.05, 0) is 12.8 Å². The van der Waals surface area contributed by atoms with Crippen LogP contribution in [0.1, 0.15) is 31.2 Å². The smallest absolute Gasteiger partial charge is 0.330 e. The average Bonchev–Trinajstić information content (AvgIpc) is 3.41. The van der Waals surface area contributed by atoms with Crippen LogP contribution < -0.4 is 24.6 Å². The number of rotatable bonds is 9. The highest BCUT2D eigenvalue weighted by Crippen LogP contribution is 2.42. The van der Waals surface area contributed by atoms with E-state index in [1.165, 1.54) is 25.3 Å². The number of methoxy groups -OCH3 is 2. The van der Waals surface area contributed by atoms with Crippen LogP contribution in [-0.2, 0) is 6.54 Å². The number of urea groups is 1. The quantitative estimate of drug-likeness (QED) is 0.398. The molecule has 1 aromatic heterocycles. The molecule has 1 saturated carbocycles. The van der Waals surface area contributed by atoms with Gasteiger partial charge in [-0.2, -0.15) is 4.98 Å². The maximum absolute atomic E-state index is 15.3. The maximum atomic E-state index is 15.3. The standard InChI is InChI=1S/C23H29F2N5O6/c1-35-16-7-17(36-2)19(25)20(18(16)24)29-10-12-8-26-22(27-9-14(32)15(33)11-31)28-21(12)30(23(29)34)13-5-3-4-6-13/h7-8,13-15,31-33H,3-6,9-11H2,1-2H3,(H,26,27,28). The van der Waals surface area contributed by atoms with Gasteiger partial charge in [0.2, 0.25) is 5.95 Å². The molecule has 2 aliphatic rings. The molecule has 0 saturated heterocycles. The van der Waals surface area contributed by atoms with Gasteiger partial charge in [-0.25, -0.2) is 18.6 Å². The Kier molecular flexibility index (Phi) is 7.71. The molecule has 2 unspecified atom stereocenters. The topological polar surface area (TPSA) is 141 Å². The highest BCUT2D eigenvalue weighted by Gasteiger charge is 2.41. The van der Waals surface area contributed by atoms with Crippen LogP contribution in [0.5, 0.6) is 11.5 Å². The van der Waals surface area contributed by atoms with Gasteiger partial charge in [0.25, 0.3) is 0 Å². The van der Waals surface area contributed by atoms with Gasteiger partial charge in [0.15, 0.2) is 23.1 Å². The zero-order chi connectivity index (χ0) is 26.0. The van der Waals surface area contributed by atoms with E-state index in [0.717, 1.165) is 23.8 Å². The Morgan fingerprint density at radius 3 is 2.36 bits per heavy atom. The minimum atomic E-state index is -1.34. The van der Waals surface area contributed by atoms with Gasteiger partial charge in [-0.15, -0.1) is 0 Å². The number of carbonyl (C=O) groups excluding carboxylic acids is 1. The predicted octanol–water partition coefficient (Wildman–Crippen LogP) is 1.79. The fourth-order valence-electron chi connectivity index (χ4n) is 4.49. The first-order valence-corrected chi connectivity index (χ1v) is 11.6. The largest absolute Gasteiger partial charge is 0.493 e. The number of benzene rings is 1. The van der Waals surface area contributed by atoms with Crippen molar-refractivity contribution >= 4 is 23.5 Å². The fourth-order valence-corrected chi connectivity index (χ4v) is 4.49. The molecular formula is C23H29F2N5O6. The predicted molar refractivity (Wildman–Crippen MR) is 125 cm³/mol. The third kappa shape index (κ3) is 4.73. The van der Waals surface area contributed by atoms with Crippen molar-refractivity contribution in [3.63, 3.8) is 0 Å². The number of aromatic nitrogens is 2. The number of halogens is 2. The molecule has 2 atom stereocenters. The Morgan fingerprint density at radius 1 is 1.14 bits per heavy atom. The van der Waals surface area contributed by atoms with Crippen molar-refractivity contribution in [3.8, 4) is 11.5 Å². The summed E-state index contributed by atoms with van der Waals surface area (Å²) in [5.74, 6) is -2.22. The lowest BCUT2D eigenvalue weighted by molar-refractivity contribution is -0.00707. The Morgan fingerprint density at radius 2 is 1.78 bits per heavy atom. The van der Waals surface area contributed by atoms with Crippen LogP contribution >= 0.6 is 0 Å². The van der Waals surface area contributed by atoms with Crippen molar-refractivity contribution in [2.24, 2.45) is 0 Å². The highest BCUT2D eigenvalue weighted by molar-refractivity contribution is 6.06. The summed E-state index contributed by atoms with van der Waals surface area (Å²) in [6.07, 6.45) is 1.99. The zero-order valence-corrected chi connectivity index (χ0v) is 19.9. The van der Waals surface area contributed by atoms with E-state index in [-0.39, 0.29) is 36.6 Å². The first-order valence-electron chi connectivity index (χ1n) is 11.6. The lowest BCUT2D eigenvalue weighted by atomic mass is 10.1. The first-order chi connectivity index (χ1) is 17.3. The van der Waals surface area contributed by atoms with E-state index in [1.54, 1.807) is 0 Å². The van der Waals surface area contributed by atoms with E-state index in [9.17, 15) is 15.0 Å². The van der Waals surface area contributed by atoms with Crippen LogP contribution in [-0.4, -0.2) is 76.9 Å². The van der Waals surface area contributed by atoms with Gasteiger partial charge in [-0.3, -0.25) is 9.80 Å². The minimum Gasteiger partial charge on any atom is -0.493 e. The molecule has 1 aliphatic heterocycles. The number of nitrogens with one attached hydrogen (secondary N) is 1. The second-order valence-corrected chi connectivity index (χ2v) is 8.68. The van der Waals surface area contributed by atoms with Crippen molar-refractivity contribution < 1.29 is 38.4 Å². The number of fused-ring (bicyclic) bond motifs is 1. The van der Waals surface area contributed by atoms with Crippen LogP contribution in [0.15, 0.2) is 12.3 Å². The summed E-state index contributed by atoms with van der Waals surface area (Å²) in [5, 5.41) is 31.2. The third-order valence-corrected chi connectivity index (χ3v) is 6.45. The molecule has 1 aliphatic carbocycles.